The Labute approximate surface area is 154 Å². The van der Waals surface area contributed by atoms with Gasteiger partial charge in [0.2, 0.25) is 5.91 Å². The lowest BCUT2D eigenvalue weighted by Crippen LogP contribution is -2.31. The summed E-state index contributed by atoms with van der Waals surface area (Å²) < 4.78 is 27.3. The minimum Gasteiger partial charge on any atom is -0.329 e. The van der Waals surface area contributed by atoms with Gasteiger partial charge in [-0.05, 0) is 42.7 Å². The summed E-state index contributed by atoms with van der Waals surface area (Å²) in [5.74, 6) is -1.10. The maximum Gasteiger partial charge on any atom is 0.231 e. The molecule has 7 heteroatoms. The fraction of sp³-hybridized carbons (Fsp3) is 0.200. The monoisotopic (exact) mass is 368 g/mol. The Hall–Kier alpha value is -3.06. The number of hydrogen-bond donors (Lipinski definition) is 3. The van der Waals surface area contributed by atoms with Gasteiger partial charge in [0.05, 0.1) is 22.3 Å². The van der Waals surface area contributed by atoms with Gasteiger partial charge in [-0.25, -0.2) is 8.78 Å². The Morgan fingerprint density at radius 2 is 1.96 bits per heavy atom. The number of H-pyrrole nitrogens is 1. The first-order chi connectivity index (χ1) is 13.0. The largest absolute Gasteiger partial charge is 0.329 e. The van der Waals surface area contributed by atoms with Crippen LogP contribution in [0.5, 0.6) is 0 Å². The van der Waals surface area contributed by atoms with E-state index in [2.05, 4.69) is 15.5 Å². The number of carbonyl (C=O) groups is 1. The van der Waals surface area contributed by atoms with Gasteiger partial charge < -0.3 is 11.1 Å². The molecule has 0 radical (unpaired) electrons. The van der Waals surface area contributed by atoms with E-state index in [-0.39, 0.29) is 24.0 Å². The Balaban J connectivity index is 1.63. The highest BCUT2D eigenvalue weighted by Gasteiger charge is 2.48. The van der Waals surface area contributed by atoms with Crippen LogP contribution in [0.3, 0.4) is 0 Å². The lowest BCUT2D eigenvalue weighted by Gasteiger charge is -2.13. The van der Waals surface area contributed by atoms with E-state index in [9.17, 15) is 13.6 Å². The highest BCUT2D eigenvalue weighted by atomic mass is 19.1. The molecular weight excluding hydrogens is 350 g/mol. The second kappa shape index (κ2) is 6.59. The Morgan fingerprint density at radius 1 is 1.22 bits per heavy atom. The third kappa shape index (κ3) is 3.33. The molecule has 2 aromatic carbocycles. The zero-order valence-corrected chi connectivity index (χ0v) is 14.4. The van der Waals surface area contributed by atoms with Crippen molar-refractivity contribution in [3.63, 3.8) is 0 Å². The first kappa shape index (κ1) is 17.4. The number of rotatable bonds is 5. The SMILES string of the molecule is NCC1(C(=O)Nc2cc3c(C=Cc4ccc(F)cc4)n[nH]c3cc2F)CC1. The summed E-state index contributed by atoms with van der Waals surface area (Å²) in [7, 11) is 0. The minimum atomic E-state index is -0.566. The summed E-state index contributed by atoms with van der Waals surface area (Å²) in [5.41, 5.74) is 7.11. The van der Waals surface area contributed by atoms with E-state index >= 15 is 0 Å². The Bertz CT molecular complexity index is 1040. The fourth-order valence-corrected chi connectivity index (χ4v) is 2.96. The Morgan fingerprint density at radius 3 is 2.63 bits per heavy atom. The number of nitrogens with one attached hydrogen (secondary N) is 2. The number of anilines is 1. The number of nitrogens with zero attached hydrogens (tertiary/aromatic N) is 1. The average Bonchev–Trinajstić information content (AvgIpc) is 3.38. The number of carbonyl (C=O) groups excluding carboxylic acids is 1. The molecule has 1 aromatic heterocycles. The minimum absolute atomic E-state index is 0.102. The van der Waals surface area contributed by atoms with Gasteiger partial charge in [0.15, 0.2) is 0 Å². The fourth-order valence-electron chi connectivity index (χ4n) is 2.96. The molecule has 138 valence electrons. The molecule has 1 amide bonds. The molecule has 1 fully saturated rings. The lowest BCUT2D eigenvalue weighted by atomic mass is 10.1. The predicted molar refractivity (Wildman–Crippen MR) is 101 cm³/mol. The molecule has 1 aliphatic rings. The van der Waals surface area contributed by atoms with E-state index < -0.39 is 11.2 Å². The van der Waals surface area contributed by atoms with Crippen molar-refractivity contribution < 1.29 is 13.6 Å². The molecule has 3 aromatic rings. The summed E-state index contributed by atoms with van der Waals surface area (Å²) in [4.78, 5) is 12.4. The lowest BCUT2D eigenvalue weighted by molar-refractivity contribution is -0.120. The van der Waals surface area contributed by atoms with E-state index in [0.717, 1.165) is 18.4 Å². The number of nitrogens with two attached hydrogens (primary N) is 1. The number of aromatic nitrogens is 2. The molecule has 5 nitrogen and oxygen atoms in total. The third-order valence-electron chi connectivity index (χ3n) is 4.96. The zero-order chi connectivity index (χ0) is 19.0. The maximum absolute atomic E-state index is 14.3. The first-order valence-electron chi connectivity index (χ1n) is 8.63. The molecule has 0 unspecified atom stereocenters. The zero-order valence-electron chi connectivity index (χ0n) is 14.4. The number of aromatic amines is 1. The van der Waals surface area contributed by atoms with E-state index in [0.29, 0.717) is 16.6 Å². The van der Waals surface area contributed by atoms with Crippen LogP contribution in [0.25, 0.3) is 23.1 Å². The highest BCUT2D eigenvalue weighted by molar-refractivity contribution is 6.00. The molecule has 0 aliphatic heterocycles. The van der Waals surface area contributed by atoms with Crippen LogP contribution in [-0.4, -0.2) is 22.6 Å². The first-order valence-corrected chi connectivity index (χ1v) is 8.63. The summed E-state index contributed by atoms with van der Waals surface area (Å²) in [5, 5.41) is 10.3. The smallest absolute Gasteiger partial charge is 0.231 e. The van der Waals surface area contributed by atoms with Gasteiger partial charge in [0.1, 0.15) is 11.6 Å². The quantitative estimate of drug-likeness (QED) is 0.642. The molecule has 0 atom stereocenters. The highest BCUT2D eigenvalue weighted by Crippen LogP contribution is 2.45. The van der Waals surface area contributed by atoms with Crippen molar-refractivity contribution in [1.29, 1.82) is 0 Å². The van der Waals surface area contributed by atoms with Crippen molar-refractivity contribution in [2.45, 2.75) is 12.8 Å². The van der Waals surface area contributed by atoms with Crippen LogP contribution >= 0.6 is 0 Å². The van der Waals surface area contributed by atoms with Gasteiger partial charge in [-0.1, -0.05) is 18.2 Å². The van der Waals surface area contributed by atoms with Crippen LogP contribution in [0, 0.1) is 17.0 Å². The third-order valence-corrected chi connectivity index (χ3v) is 4.96. The van der Waals surface area contributed by atoms with Gasteiger partial charge in [0.25, 0.3) is 0 Å². The molecule has 27 heavy (non-hydrogen) atoms. The molecular formula is C20H18F2N4O. The van der Waals surface area contributed by atoms with Gasteiger partial charge in [-0.3, -0.25) is 9.89 Å². The van der Waals surface area contributed by atoms with Crippen LogP contribution in [-0.2, 0) is 4.79 Å². The van der Waals surface area contributed by atoms with Gasteiger partial charge in [0, 0.05) is 18.0 Å². The topological polar surface area (TPSA) is 83.8 Å². The number of benzene rings is 2. The predicted octanol–water partition coefficient (Wildman–Crippen LogP) is 3.69. The number of amides is 1. The van der Waals surface area contributed by atoms with E-state index in [1.807, 2.05) is 0 Å². The number of halogens is 2. The van der Waals surface area contributed by atoms with Crippen LogP contribution < -0.4 is 11.1 Å². The van der Waals surface area contributed by atoms with Gasteiger partial charge in [-0.15, -0.1) is 0 Å². The van der Waals surface area contributed by atoms with Crippen molar-refractivity contribution in [2.75, 3.05) is 11.9 Å². The van der Waals surface area contributed by atoms with E-state index in [4.69, 9.17) is 5.73 Å². The van der Waals surface area contributed by atoms with Crippen LogP contribution in [0.15, 0.2) is 36.4 Å². The van der Waals surface area contributed by atoms with E-state index in [1.54, 1.807) is 30.4 Å². The summed E-state index contributed by atoms with van der Waals surface area (Å²) in [6.07, 6.45) is 4.97. The second-order valence-corrected chi connectivity index (χ2v) is 6.81. The molecule has 0 bridgehead atoms. The average molecular weight is 368 g/mol. The van der Waals surface area contributed by atoms with Crippen molar-refractivity contribution >= 4 is 34.6 Å². The van der Waals surface area contributed by atoms with E-state index in [1.165, 1.54) is 18.2 Å². The van der Waals surface area contributed by atoms with Crippen LogP contribution in [0.2, 0.25) is 0 Å². The van der Waals surface area contributed by atoms with Crippen molar-refractivity contribution in [2.24, 2.45) is 11.1 Å². The molecule has 1 saturated carbocycles. The molecule has 4 N–H and O–H groups in total. The summed E-state index contributed by atoms with van der Waals surface area (Å²) in [6, 6.07) is 8.90. The number of hydrogen-bond acceptors (Lipinski definition) is 3. The molecule has 4 rings (SSSR count). The standard InChI is InChI=1S/C20H18F2N4O/c21-13-4-1-12(2-5-13)3-6-16-14-9-18(15(22)10-17(14)26-25-16)24-19(27)20(11-23)7-8-20/h1-6,9-10H,7-8,11,23H2,(H,24,27)(H,25,26). The van der Waals surface area contributed by atoms with Crippen molar-refractivity contribution in [1.82, 2.24) is 10.2 Å². The second-order valence-electron chi connectivity index (χ2n) is 6.81. The summed E-state index contributed by atoms with van der Waals surface area (Å²) in [6.45, 7) is 0.250. The van der Waals surface area contributed by atoms with Crippen LogP contribution in [0.1, 0.15) is 24.1 Å². The van der Waals surface area contributed by atoms with Gasteiger partial charge >= 0.3 is 0 Å². The maximum atomic E-state index is 14.3. The normalized spacial score (nSPS) is 15.4. The molecule has 0 spiro atoms. The van der Waals surface area contributed by atoms with Crippen molar-refractivity contribution in [3.8, 4) is 0 Å². The number of fused-ring (bicyclic) bond motifs is 1. The summed E-state index contributed by atoms with van der Waals surface area (Å²) >= 11 is 0. The molecule has 1 heterocycles. The van der Waals surface area contributed by atoms with Crippen LogP contribution in [0.4, 0.5) is 14.5 Å². The Kier molecular flexibility index (Phi) is 4.24. The molecule has 1 aliphatic carbocycles. The van der Waals surface area contributed by atoms with Gasteiger partial charge in [-0.2, -0.15) is 5.10 Å². The van der Waals surface area contributed by atoms with Crippen molar-refractivity contribution in [3.05, 3.63) is 59.3 Å². The molecule has 0 saturated heterocycles.